The maximum absolute atomic E-state index is 12.1. The number of nitrogens with zero attached hydrogens (tertiary/aromatic N) is 1. The molecule has 0 saturated carbocycles. The molecular weight excluding hydrogens is 302 g/mol. The number of ether oxygens (including phenoxy) is 1. The first-order valence-corrected chi connectivity index (χ1v) is 8.70. The molecule has 6 heteroatoms. The molecule has 0 bridgehead atoms. The lowest BCUT2D eigenvalue weighted by Gasteiger charge is -2.12. The highest BCUT2D eigenvalue weighted by Crippen LogP contribution is 2.14. The molecule has 1 heterocycles. The molecular formula is C16H19NO4S. The highest BCUT2D eigenvalue weighted by molar-refractivity contribution is 7.91. The summed E-state index contributed by atoms with van der Waals surface area (Å²) in [5.74, 6) is 0.184. The smallest absolute Gasteiger partial charge is 0.198 e. The van der Waals surface area contributed by atoms with Crippen molar-refractivity contribution in [1.29, 1.82) is 0 Å². The molecule has 118 valence electrons. The molecule has 0 aliphatic carbocycles. The first-order chi connectivity index (χ1) is 10.5. The zero-order valence-electron chi connectivity index (χ0n) is 12.3. The van der Waals surface area contributed by atoms with Crippen LogP contribution in [0.25, 0.3) is 0 Å². The highest BCUT2D eigenvalue weighted by Gasteiger charge is 2.21. The summed E-state index contributed by atoms with van der Waals surface area (Å²) in [5, 5.41) is 9.84. The number of hydrogen-bond acceptors (Lipinski definition) is 5. The van der Waals surface area contributed by atoms with E-state index in [-0.39, 0.29) is 11.6 Å². The monoisotopic (exact) mass is 321 g/mol. The third kappa shape index (κ3) is 4.54. The third-order valence-corrected chi connectivity index (χ3v) is 4.84. The van der Waals surface area contributed by atoms with Crippen LogP contribution in [0.3, 0.4) is 0 Å². The van der Waals surface area contributed by atoms with E-state index in [1.165, 1.54) is 17.8 Å². The van der Waals surface area contributed by atoms with Gasteiger partial charge in [-0.15, -0.1) is 0 Å². The number of rotatable bonds is 7. The summed E-state index contributed by atoms with van der Waals surface area (Å²) in [4.78, 5) is 3.80. The van der Waals surface area contributed by atoms with Gasteiger partial charge in [-0.1, -0.05) is 25.1 Å². The fourth-order valence-corrected chi connectivity index (χ4v) is 3.21. The second kappa shape index (κ2) is 7.38. The number of pyridine rings is 1. The van der Waals surface area contributed by atoms with Crippen molar-refractivity contribution in [2.45, 2.75) is 24.5 Å². The minimum atomic E-state index is -3.62. The van der Waals surface area contributed by atoms with Gasteiger partial charge in [0.15, 0.2) is 14.9 Å². The minimum Gasteiger partial charge on any atom is -0.491 e. The summed E-state index contributed by atoms with van der Waals surface area (Å²) in [5.41, 5.74) is 1.19. The van der Waals surface area contributed by atoms with E-state index in [1.54, 1.807) is 24.3 Å². The predicted octanol–water partition coefficient (Wildman–Crippen LogP) is 1.86. The SMILES string of the molecule is CCc1ccc(OC[C@H](O)CS(=O)(=O)c2ccccn2)cc1. The van der Waals surface area contributed by atoms with E-state index in [1.807, 2.05) is 12.1 Å². The van der Waals surface area contributed by atoms with E-state index in [4.69, 9.17) is 4.74 Å². The summed E-state index contributed by atoms with van der Waals surface area (Å²) in [6, 6.07) is 12.1. The van der Waals surface area contributed by atoms with Crippen LogP contribution in [0.5, 0.6) is 5.75 Å². The maximum atomic E-state index is 12.1. The van der Waals surface area contributed by atoms with Gasteiger partial charge in [0.05, 0.1) is 5.75 Å². The number of aliphatic hydroxyl groups is 1. The van der Waals surface area contributed by atoms with Gasteiger partial charge >= 0.3 is 0 Å². The molecule has 0 aliphatic rings. The van der Waals surface area contributed by atoms with E-state index in [2.05, 4.69) is 11.9 Å². The summed E-state index contributed by atoms with van der Waals surface area (Å²) in [6.07, 6.45) is 1.23. The predicted molar refractivity (Wildman–Crippen MR) is 83.6 cm³/mol. The summed E-state index contributed by atoms with van der Waals surface area (Å²) < 4.78 is 29.5. The van der Waals surface area contributed by atoms with Gasteiger partial charge in [-0.3, -0.25) is 0 Å². The molecule has 0 amide bonds. The Morgan fingerprint density at radius 3 is 2.50 bits per heavy atom. The zero-order valence-corrected chi connectivity index (χ0v) is 13.2. The Morgan fingerprint density at radius 2 is 1.91 bits per heavy atom. The van der Waals surface area contributed by atoms with Crippen molar-refractivity contribution >= 4 is 9.84 Å². The summed E-state index contributed by atoms with van der Waals surface area (Å²) >= 11 is 0. The molecule has 1 atom stereocenters. The van der Waals surface area contributed by atoms with Crippen molar-refractivity contribution in [2.24, 2.45) is 0 Å². The molecule has 1 N–H and O–H groups in total. The van der Waals surface area contributed by atoms with Gasteiger partial charge in [0.2, 0.25) is 0 Å². The van der Waals surface area contributed by atoms with Crippen LogP contribution >= 0.6 is 0 Å². The lowest BCUT2D eigenvalue weighted by molar-refractivity contribution is 0.125. The molecule has 5 nitrogen and oxygen atoms in total. The first kappa shape index (κ1) is 16.5. The average molecular weight is 321 g/mol. The van der Waals surface area contributed by atoms with Gasteiger partial charge in [-0.2, -0.15) is 0 Å². The number of benzene rings is 1. The van der Waals surface area contributed by atoms with Crippen LogP contribution in [0.1, 0.15) is 12.5 Å². The molecule has 0 aliphatic heterocycles. The van der Waals surface area contributed by atoms with Gasteiger partial charge in [-0.25, -0.2) is 13.4 Å². The summed E-state index contributed by atoms with van der Waals surface area (Å²) in [7, 11) is -3.62. The lowest BCUT2D eigenvalue weighted by atomic mass is 10.2. The second-order valence-electron chi connectivity index (χ2n) is 4.91. The number of hydrogen-bond donors (Lipinski definition) is 1. The standard InChI is InChI=1S/C16H19NO4S/c1-2-13-6-8-15(9-7-13)21-11-14(18)12-22(19,20)16-5-3-4-10-17-16/h3-10,14,18H,2,11-12H2,1H3/t14-/m0/s1. The van der Waals surface area contributed by atoms with E-state index < -0.39 is 21.7 Å². The van der Waals surface area contributed by atoms with Gasteiger partial charge in [0.1, 0.15) is 18.5 Å². The Labute approximate surface area is 130 Å². The van der Waals surface area contributed by atoms with Crippen LogP contribution in [-0.4, -0.2) is 37.0 Å². The van der Waals surface area contributed by atoms with Gasteiger partial charge in [-0.05, 0) is 36.2 Å². The van der Waals surface area contributed by atoms with Crippen molar-refractivity contribution in [3.8, 4) is 5.75 Å². The molecule has 1 aromatic heterocycles. The third-order valence-electron chi connectivity index (χ3n) is 3.14. The second-order valence-corrected chi connectivity index (χ2v) is 6.89. The highest BCUT2D eigenvalue weighted by atomic mass is 32.2. The summed E-state index contributed by atoms with van der Waals surface area (Å²) in [6.45, 7) is 1.97. The Bertz CT molecular complexity index is 684. The topological polar surface area (TPSA) is 76.5 Å². The number of aliphatic hydroxyl groups excluding tert-OH is 1. The van der Waals surface area contributed by atoms with Gasteiger partial charge < -0.3 is 9.84 Å². The van der Waals surface area contributed by atoms with Crippen LogP contribution in [0.15, 0.2) is 53.7 Å². The minimum absolute atomic E-state index is 0.0404. The fourth-order valence-electron chi connectivity index (χ4n) is 1.93. The van der Waals surface area contributed by atoms with Crippen LogP contribution in [-0.2, 0) is 16.3 Å². The molecule has 2 rings (SSSR count). The Kier molecular flexibility index (Phi) is 5.51. The first-order valence-electron chi connectivity index (χ1n) is 7.05. The number of aryl methyl sites for hydroxylation is 1. The van der Waals surface area contributed by atoms with E-state index in [9.17, 15) is 13.5 Å². The molecule has 0 saturated heterocycles. The quantitative estimate of drug-likeness (QED) is 0.842. The van der Waals surface area contributed by atoms with Crippen molar-refractivity contribution in [2.75, 3.05) is 12.4 Å². The molecule has 0 unspecified atom stereocenters. The fraction of sp³-hybridized carbons (Fsp3) is 0.312. The molecule has 22 heavy (non-hydrogen) atoms. The van der Waals surface area contributed by atoms with Crippen molar-refractivity contribution in [3.63, 3.8) is 0 Å². The Balaban J connectivity index is 1.91. The largest absolute Gasteiger partial charge is 0.491 e. The normalized spacial score (nSPS) is 12.8. The number of aromatic nitrogens is 1. The molecule has 0 spiro atoms. The van der Waals surface area contributed by atoms with Crippen molar-refractivity contribution in [1.82, 2.24) is 4.98 Å². The van der Waals surface area contributed by atoms with Crippen molar-refractivity contribution < 1.29 is 18.3 Å². The van der Waals surface area contributed by atoms with Crippen LogP contribution in [0.4, 0.5) is 0 Å². The molecule has 0 fully saturated rings. The molecule has 2 aromatic rings. The molecule has 0 radical (unpaired) electrons. The molecule has 1 aromatic carbocycles. The van der Waals surface area contributed by atoms with Gasteiger partial charge in [0.25, 0.3) is 0 Å². The maximum Gasteiger partial charge on any atom is 0.198 e. The zero-order chi connectivity index (χ0) is 16.0. The van der Waals surface area contributed by atoms with Crippen LogP contribution in [0.2, 0.25) is 0 Å². The Morgan fingerprint density at radius 1 is 1.18 bits per heavy atom. The number of sulfone groups is 1. The van der Waals surface area contributed by atoms with Crippen LogP contribution < -0.4 is 4.74 Å². The van der Waals surface area contributed by atoms with E-state index >= 15 is 0 Å². The average Bonchev–Trinajstić information content (AvgIpc) is 2.54. The van der Waals surface area contributed by atoms with Crippen LogP contribution in [0, 0.1) is 0 Å². The van der Waals surface area contributed by atoms with E-state index in [0.717, 1.165) is 6.42 Å². The Hall–Kier alpha value is -1.92. The van der Waals surface area contributed by atoms with Gasteiger partial charge in [0, 0.05) is 6.20 Å². The van der Waals surface area contributed by atoms with E-state index in [0.29, 0.717) is 5.75 Å². The lowest BCUT2D eigenvalue weighted by Crippen LogP contribution is -2.27. The van der Waals surface area contributed by atoms with Crippen molar-refractivity contribution in [3.05, 3.63) is 54.2 Å².